The van der Waals surface area contributed by atoms with Crippen LogP contribution in [-0.2, 0) is 11.3 Å². The fraction of sp³-hybridized carbons (Fsp3) is 0.611. The molecule has 2 fully saturated rings. The van der Waals surface area contributed by atoms with Crippen molar-refractivity contribution in [1.29, 1.82) is 0 Å². The lowest BCUT2D eigenvalue weighted by atomic mass is 10.1. The summed E-state index contributed by atoms with van der Waals surface area (Å²) in [6, 6.07) is 4.77. The molecular weight excluding hydrogens is 380 g/mol. The van der Waals surface area contributed by atoms with E-state index in [2.05, 4.69) is 4.90 Å². The Kier molecular flexibility index (Phi) is 9.10. The van der Waals surface area contributed by atoms with Gasteiger partial charge in [-0.3, -0.25) is 9.69 Å². The topological polar surface area (TPSA) is 58.8 Å². The van der Waals surface area contributed by atoms with Crippen LogP contribution in [0.1, 0.15) is 24.8 Å². The Balaban J connectivity index is 0.00000169. The minimum Gasteiger partial charge on any atom is -0.496 e. The second-order valence-electron chi connectivity index (χ2n) is 6.83. The van der Waals surface area contributed by atoms with Crippen LogP contribution in [0.25, 0.3) is 0 Å². The maximum atomic E-state index is 13.5. The maximum Gasteiger partial charge on any atom is 0.225 e. The van der Waals surface area contributed by atoms with Crippen molar-refractivity contribution in [1.82, 2.24) is 9.80 Å². The van der Waals surface area contributed by atoms with Crippen molar-refractivity contribution in [2.45, 2.75) is 31.8 Å². The Labute approximate surface area is 166 Å². The normalized spacial score (nSPS) is 23.1. The molecule has 2 aliphatic rings. The number of carbonyl (C=O) groups excluding carboxylic acids is 1. The first-order chi connectivity index (χ1) is 11.6. The van der Waals surface area contributed by atoms with Crippen LogP contribution in [0.2, 0.25) is 0 Å². The van der Waals surface area contributed by atoms with Gasteiger partial charge in [0.2, 0.25) is 5.91 Å². The third-order valence-electron chi connectivity index (χ3n) is 5.14. The molecule has 1 amide bonds. The number of carbonyl (C=O) groups is 1. The van der Waals surface area contributed by atoms with E-state index in [9.17, 15) is 9.18 Å². The van der Waals surface area contributed by atoms with Gasteiger partial charge in [-0.05, 0) is 37.5 Å². The summed E-state index contributed by atoms with van der Waals surface area (Å²) in [4.78, 5) is 16.7. The number of hydrogen-bond donors (Lipinski definition) is 1. The highest BCUT2D eigenvalue weighted by Crippen LogP contribution is 2.27. The first-order valence-electron chi connectivity index (χ1n) is 8.66. The van der Waals surface area contributed by atoms with Gasteiger partial charge in [-0.25, -0.2) is 4.39 Å². The van der Waals surface area contributed by atoms with Crippen LogP contribution in [-0.4, -0.2) is 55.0 Å². The summed E-state index contributed by atoms with van der Waals surface area (Å²) in [5.74, 6) is 0.813. The minimum atomic E-state index is -0.253. The van der Waals surface area contributed by atoms with Gasteiger partial charge >= 0.3 is 0 Å². The zero-order chi connectivity index (χ0) is 17.1. The summed E-state index contributed by atoms with van der Waals surface area (Å²) < 4.78 is 18.8. The highest BCUT2D eigenvalue weighted by molar-refractivity contribution is 5.85. The zero-order valence-electron chi connectivity index (χ0n) is 15.0. The second-order valence-corrected chi connectivity index (χ2v) is 6.83. The number of halogens is 3. The molecule has 0 spiro atoms. The van der Waals surface area contributed by atoms with Crippen molar-refractivity contribution in [2.75, 3.05) is 33.3 Å². The number of benzene rings is 1. The summed E-state index contributed by atoms with van der Waals surface area (Å²) in [7, 11) is 1.60. The molecule has 1 aliphatic heterocycles. The van der Waals surface area contributed by atoms with Gasteiger partial charge in [0.05, 0.1) is 7.11 Å². The van der Waals surface area contributed by atoms with Crippen molar-refractivity contribution in [3.05, 3.63) is 29.6 Å². The summed E-state index contributed by atoms with van der Waals surface area (Å²) in [5, 5.41) is 0. The van der Waals surface area contributed by atoms with Crippen molar-refractivity contribution in [2.24, 2.45) is 11.7 Å². The smallest absolute Gasteiger partial charge is 0.225 e. The molecule has 1 saturated carbocycles. The Morgan fingerprint density at radius 2 is 1.92 bits per heavy atom. The molecule has 0 aromatic heterocycles. The molecular formula is C18H28Cl2FN3O2. The fourth-order valence-corrected chi connectivity index (χ4v) is 3.74. The van der Waals surface area contributed by atoms with E-state index in [0.29, 0.717) is 12.3 Å². The van der Waals surface area contributed by atoms with E-state index < -0.39 is 0 Å². The van der Waals surface area contributed by atoms with E-state index >= 15 is 0 Å². The number of amides is 1. The largest absolute Gasteiger partial charge is 0.496 e. The summed E-state index contributed by atoms with van der Waals surface area (Å²) in [5.41, 5.74) is 6.76. The first kappa shape index (κ1) is 23.0. The Bertz CT molecular complexity index is 598. The molecule has 1 saturated heterocycles. The van der Waals surface area contributed by atoms with Crippen molar-refractivity contribution in [3.8, 4) is 5.75 Å². The Hall–Kier alpha value is -1.08. The quantitative estimate of drug-likeness (QED) is 0.832. The van der Waals surface area contributed by atoms with Gasteiger partial charge in [0.1, 0.15) is 11.6 Å². The zero-order valence-corrected chi connectivity index (χ0v) is 16.7. The van der Waals surface area contributed by atoms with Crippen LogP contribution in [0.5, 0.6) is 5.75 Å². The number of nitrogens with two attached hydrogens (primary N) is 1. The van der Waals surface area contributed by atoms with Gasteiger partial charge in [0, 0.05) is 50.2 Å². The monoisotopic (exact) mass is 407 g/mol. The van der Waals surface area contributed by atoms with Crippen molar-refractivity contribution < 1.29 is 13.9 Å². The molecule has 5 nitrogen and oxygen atoms in total. The van der Waals surface area contributed by atoms with Crippen LogP contribution in [0, 0.1) is 11.7 Å². The molecule has 8 heteroatoms. The van der Waals surface area contributed by atoms with Gasteiger partial charge in [-0.2, -0.15) is 0 Å². The SMILES string of the molecule is COc1ccc(F)cc1CN1CCN(C(=O)C2CCC(N)C2)CC1.Cl.Cl. The van der Waals surface area contributed by atoms with Crippen LogP contribution in [0.15, 0.2) is 18.2 Å². The van der Waals surface area contributed by atoms with E-state index in [1.165, 1.54) is 12.1 Å². The summed E-state index contributed by atoms with van der Waals surface area (Å²) in [6.07, 6.45) is 2.69. The molecule has 1 aromatic carbocycles. The summed E-state index contributed by atoms with van der Waals surface area (Å²) in [6.45, 7) is 3.68. The molecule has 2 atom stereocenters. The molecule has 1 aliphatic carbocycles. The lowest BCUT2D eigenvalue weighted by Crippen LogP contribution is -2.49. The van der Waals surface area contributed by atoms with Gasteiger partial charge in [0.25, 0.3) is 0 Å². The predicted molar refractivity (Wildman–Crippen MR) is 105 cm³/mol. The Morgan fingerprint density at radius 3 is 2.50 bits per heavy atom. The molecule has 2 N–H and O–H groups in total. The number of hydrogen-bond acceptors (Lipinski definition) is 4. The molecule has 0 bridgehead atoms. The van der Waals surface area contributed by atoms with E-state index in [4.69, 9.17) is 10.5 Å². The van der Waals surface area contributed by atoms with Crippen LogP contribution < -0.4 is 10.5 Å². The molecule has 3 rings (SSSR count). The molecule has 148 valence electrons. The Morgan fingerprint density at radius 1 is 1.23 bits per heavy atom. The predicted octanol–water partition coefficient (Wildman–Crippen LogP) is 2.45. The van der Waals surface area contributed by atoms with E-state index in [0.717, 1.165) is 51.0 Å². The number of methoxy groups -OCH3 is 1. The average molecular weight is 408 g/mol. The van der Waals surface area contributed by atoms with Crippen LogP contribution in [0.3, 0.4) is 0 Å². The third-order valence-corrected chi connectivity index (χ3v) is 5.14. The van der Waals surface area contributed by atoms with E-state index in [1.54, 1.807) is 13.2 Å². The molecule has 26 heavy (non-hydrogen) atoms. The van der Waals surface area contributed by atoms with E-state index in [1.807, 2.05) is 4.90 Å². The lowest BCUT2D eigenvalue weighted by molar-refractivity contribution is -0.137. The van der Waals surface area contributed by atoms with Gasteiger partial charge in [0.15, 0.2) is 0 Å². The van der Waals surface area contributed by atoms with Crippen LogP contribution in [0.4, 0.5) is 4.39 Å². The number of rotatable bonds is 4. The molecule has 2 unspecified atom stereocenters. The second kappa shape index (κ2) is 10.3. The highest BCUT2D eigenvalue weighted by atomic mass is 35.5. The van der Waals surface area contributed by atoms with Gasteiger partial charge in [-0.15, -0.1) is 24.8 Å². The molecule has 0 radical (unpaired) electrons. The van der Waals surface area contributed by atoms with Crippen LogP contribution >= 0.6 is 24.8 Å². The standard InChI is InChI=1S/C18H26FN3O2.2ClH/c1-24-17-5-3-15(19)10-14(17)12-21-6-8-22(9-7-21)18(23)13-2-4-16(20)11-13;;/h3,5,10,13,16H,2,4,6-9,11-12,20H2,1H3;2*1H. The fourth-order valence-electron chi connectivity index (χ4n) is 3.74. The van der Waals surface area contributed by atoms with Crippen molar-refractivity contribution in [3.63, 3.8) is 0 Å². The number of ether oxygens (including phenoxy) is 1. The molecule has 1 heterocycles. The highest BCUT2D eigenvalue weighted by Gasteiger charge is 2.32. The van der Waals surface area contributed by atoms with Gasteiger partial charge in [-0.1, -0.05) is 0 Å². The van der Waals surface area contributed by atoms with E-state index in [-0.39, 0.29) is 48.5 Å². The number of nitrogens with zero attached hydrogens (tertiary/aromatic N) is 2. The van der Waals surface area contributed by atoms with Crippen molar-refractivity contribution >= 4 is 30.7 Å². The number of piperazine rings is 1. The minimum absolute atomic E-state index is 0. The third kappa shape index (κ3) is 5.46. The lowest BCUT2D eigenvalue weighted by Gasteiger charge is -2.36. The molecule has 1 aromatic rings. The first-order valence-corrected chi connectivity index (χ1v) is 8.66. The summed E-state index contributed by atoms with van der Waals surface area (Å²) >= 11 is 0. The van der Waals surface area contributed by atoms with Gasteiger partial charge < -0.3 is 15.4 Å². The maximum absolute atomic E-state index is 13.5. The average Bonchev–Trinajstić information content (AvgIpc) is 3.02.